The van der Waals surface area contributed by atoms with Gasteiger partial charge in [0.05, 0.1) is 16.6 Å². The van der Waals surface area contributed by atoms with Gasteiger partial charge in [-0.3, -0.25) is 9.59 Å². The van der Waals surface area contributed by atoms with Crippen LogP contribution in [0.1, 0.15) is 30.6 Å². The summed E-state index contributed by atoms with van der Waals surface area (Å²) in [6.07, 6.45) is 0.600. The molecule has 0 saturated carbocycles. The van der Waals surface area contributed by atoms with Crippen LogP contribution in [-0.2, 0) is 4.79 Å². The number of anilines is 1. The second-order valence-electron chi connectivity index (χ2n) is 5.62. The van der Waals surface area contributed by atoms with Crippen molar-refractivity contribution in [1.82, 2.24) is 4.90 Å². The first kappa shape index (κ1) is 20.7. The maximum Gasteiger partial charge on any atom is 0.254 e. The standard InChI is InChI=1S/C15H22ClN3O2.ClH/c1-9(2)7-13(17)14(20)18-10-5-6-12(16)11(8-10)15(21)19(3)4;/h5-6,8-9,13H,7,17H2,1-4H3,(H,18,20);1H/t13-;/m0./s1. The Balaban J connectivity index is 0.00000441. The molecule has 3 N–H and O–H groups in total. The number of carbonyl (C=O) groups is 2. The van der Waals surface area contributed by atoms with Gasteiger partial charge in [0, 0.05) is 19.8 Å². The molecule has 0 aromatic heterocycles. The zero-order valence-corrected chi connectivity index (χ0v) is 14.8. The molecule has 0 heterocycles. The topological polar surface area (TPSA) is 75.4 Å². The average Bonchev–Trinajstić information content (AvgIpc) is 2.39. The number of hydrogen-bond donors (Lipinski definition) is 2. The van der Waals surface area contributed by atoms with Crippen LogP contribution < -0.4 is 11.1 Å². The normalized spacial score (nSPS) is 11.6. The van der Waals surface area contributed by atoms with Crippen molar-refractivity contribution in [3.05, 3.63) is 28.8 Å². The molecule has 5 nitrogen and oxygen atoms in total. The van der Waals surface area contributed by atoms with E-state index in [9.17, 15) is 9.59 Å². The number of hydrogen-bond acceptors (Lipinski definition) is 3. The van der Waals surface area contributed by atoms with Crippen LogP contribution in [0.2, 0.25) is 5.02 Å². The molecule has 7 heteroatoms. The lowest BCUT2D eigenvalue weighted by Gasteiger charge is -2.16. The summed E-state index contributed by atoms with van der Waals surface area (Å²) in [5.74, 6) is -0.154. The Morgan fingerprint density at radius 3 is 2.41 bits per heavy atom. The van der Waals surface area contributed by atoms with E-state index in [-0.39, 0.29) is 24.2 Å². The van der Waals surface area contributed by atoms with Gasteiger partial charge in [0.25, 0.3) is 5.91 Å². The number of halogens is 2. The predicted molar refractivity (Wildman–Crippen MR) is 92.8 cm³/mol. The van der Waals surface area contributed by atoms with Crippen molar-refractivity contribution in [2.75, 3.05) is 19.4 Å². The monoisotopic (exact) mass is 347 g/mol. The molecule has 0 saturated heterocycles. The van der Waals surface area contributed by atoms with Gasteiger partial charge in [-0.15, -0.1) is 12.4 Å². The Morgan fingerprint density at radius 1 is 1.32 bits per heavy atom. The molecule has 0 aliphatic rings. The molecule has 0 bridgehead atoms. The third kappa shape index (κ3) is 5.83. The Hall–Kier alpha value is -1.30. The molecule has 0 spiro atoms. The minimum absolute atomic E-state index is 0. The summed E-state index contributed by atoms with van der Waals surface area (Å²) in [5.41, 5.74) is 6.68. The molecule has 0 fully saturated rings. The fraction of sp³-hybridized carbons (Fsp3) is 0.467. The molecule has 22 heavy (non-hydrogen) atoms. The van der Waals surface area contributed by atoms with E-state index in [4.69, 9.17) is 17.3 Å². The van der Waals surface area contributed by atoms with Crippen molar-refractivity contribution in [2.45, 2.75) is 26.3 Å². The summed E-state index contributed by atoms with van der Waals surface area (Å²) in [6, 6.07) is 4.22. The van der Waals surface area contributed by atoms with Crippen LogP contribution in [0.3, 0.4) is 0 Å². The molecule has 2 amide bonds. The summed E-state index contributed by atoms with van der Waals surface area (Å²) < 4.78 is 0. The quantitative estimate of drug-likeness (QED) is 0.859. The zero-order chi connectivity index (χ0) is 16.2. The molecule has 1 aromatic rings. The highest BCUT2D eigenvalue weighted by Crippen LogP contribution is 2.22. The lowest BCUT2D eigenvalue weighted by molar-refractivity contribution is -0.117. The second-order valence-corrected chi connectivity index (χ2v) is 6.03. The van der Waals surface area contributed by atoms with Crippen molar-refractivity contribution in [3.63, 3.8) is 0 Å². The summed E-state index contributed by atoms with van der Waals surface area (Å²) >= 11 is 6.02. The molecule has 0 radical (unpaired) electrons. The van der Waals surface area contributed by atoms with Gasteiger partial charge in [-0.2, -0.15) is 0 Å². The fourth-order valence-electron chi connectivity index (χ4n) is 1.86. The molecular formula is C15H23Cl2N3O2. The van der Waals surface area contributed by atoms with E-state index in [2.05, 4.69) is 5.32 Å². The fourth-order valence-corrected chi connectivity index (χ4v) is 2.06. The first-order valence-electron chi connectivity index (χ1n) is 6.80. The Bertz CT molecular complexity index is 534. The van der Waals surface area contributed by atoms with Gasteiger partial charge >= 0.3 is 0 Å². The summed E-state index contributed by atoms with van der Waals surface area (Å²) in [4.78, 5) is 25.4. The van der Waals surface area contributed by atoms with Gasteiger partial charge in [0.15, 0.2) is 0 Å². The molecule has 0 aliphatic heterocycles. The smallest absolute Gasteiger partial charge is 0.254 e. The van der Waals surface area contributed by atoms with Crippen molar-refractivity contribution < 1.29 is 9.59 Å². The van der Waals surface area contributed by atoms with E-state index in [0.29, 0.717) is 28.6 Å². The number of nitrogens with two attached hydrogens (primary N) is 1. The van der Waals surface area contributed by atoms with Gasteiger partial charge in [0.2, 0.25) is 5.91 Å². The van der Waals surface area contributed by atoms with Gasteiger partial charge < -0.3 is 16.0 Å². The van der Waals surface area contributed by atoms with Gasteiger partial charge in [-0.1, -0.05) is 25.4 Å². The van der Waals surface area contributed by atoms with E-state index in [1.54, 1.807) is 32.3 Å². The van der Waals surface area contributed by atoms with Crippen LogP contribution in [0.4, 0.5) is 5.69 Å². The predicted octanol–water partition coefficient (Wildman–Crippen LogP) is 2.78. The van der Waals surface area contributed by atoms with Crippen LogP contribution in [0, 0.1) is 5.92 Å². The first-order chi connectivity index (χ1) is 9.72. The van der Waals surface area contributed by atoms with E-state index < -0.39 is 6.04 Å². The number of nitrogens with one attached hydrogen (secondary N) is 1. The highest BCUT2D eigenvalue weighted by molar-refractivity contribution is 6.34. The largest absolute Gasteiger partial charge is 0.345 e. The minimum Gasteiger partial charge on any atom is -0.345 e. The molecule has 1 atom stereocenters. The molecular weight excluding hydrogens is 325 g/mol. The average molecular weight is 348 g/mol. The number of amides is 2. The number of nitrogens with zero attached hydrogens (tertiary/aromatic N) is 1. The maximum atomic E-state index is 12.0. The SMILES string of the molecule is CC(C)C[C@H](N)C(=O)Nc1ccc(Cl)c(C(=O)N(C)C)c1.Cl. The summed E-state index contributed by atoms with van der Waals surface area (Å²) in [6.45, 7) is 4.01. The van der Waals surface area contributed by atoms with E-state index in [1.807, 2.05) is 13.8 Å². The second kappa shape index (κ2) is 8.98. The van der Waals surface area contributed by atoms with Crippen molar-refractivity contribution in [2.24, 2.45) is 11.7 Å². The van der Waals surface area contributed by atoms with Crippen LogP contribution >= 0.6 is 24.0 Å². The van der Waals surface area contributed by atoms with Crippen molar-refractivity contribution >= 4 is 41.5 Å². The molecule has 0 unspecified atom stereocenters. The Labute approximate surface area is 142 Å². The summed E-state index contributed by atoms with van der Waals surface area (Å²) in [5, 5.41) is 3.06. The van der Waals surface area contributed by atoms with Gasteiger partial charge in [-0.25, -0.2) is 0 Å². The highest BCUT2D eigenvalue weighted by atomic mass is 35.5. The Morgan fingerprint density at radius 2 is 1.91 bits per heavy atom. The van der Waals surface area contributed by atoms with Crippen LogP contribution in [-0.4, -0.2) is 36.9 Å². The number of benzene rings is 1. The molecule has 1 rings (SSSR count). The van der Waals surface area contributed by atoms with Gasteiger partial charge in [0.1, 0.15) is 0 Å². The lowest BCUT2D eigenvalue weighted by atomic mass is 10.0. The highest BCUT2D eigenvalue weighted by Gasteiger charge is 2.17. The van der Waals surface area contributed by atoms with Crippen LogP contribution in [0.25, 0.3) is 0 Å². The maximum absolute atomic E-state index is 12.0. The third-order valence-electron chi connectivity index (χ3n) is 2.93. The van der Waals surface area contributed by atoms with E-state index in [1.165, 1.54) is 4.90 Å². The number of carbonyl (C=O) groups excluding carboxylic acids is 2. The van der Waals surface area contributed by atoms with Gasteiger partial charge in [-0.05, 0) is 30.5 Å². The Kier molecular flexibility index (Phi) is 8.45. The van der Waals surface area contributed by atoms with Crippen LogP contribution in [0.15, 0.2) is 18.2 Å². The number of rotatable bonds is 5. The van der Waals surface area contributed by atoms with Crippen molar-refractivity contribution in [1.29, 1.82) is 0 Å². The van der Waals surface area contributed by atoms with E-state index in [0.717, 1.165) is 0 Å². The lowest BCUT2D eigenvalue weighted by Crippen LogP contribution is -2.36. The first-order valence-corrected chi connectivity index (χ1v) is 7.17. The zero-order valence-electron chi connectivity index (χ0n) is 13.2. The molecule has 1 aromatic carbocycles. The molecule has 124 valence electrons. The van der Waals surface area contributed by atoms with E-state index >= 15 is 0 Å². The summed E-state index contributed by atoms with van der Waals surface area (Å²) in [7, 11) is 3.28. The van der Waals surface area contributed by atoms with Crippen LogP contribution in [0.5, 0.6) is 0 Å². The third-order valence-corrected chi connectivity index (χ3v) is 3.26. The molecule has 0 aliphatic carbocycles. The van der Waals surface area contributed by atoms with Crippen molar-refractivity contribution in [3.8, 4) is 0 Å². The minimum atomic E-state index is -0.575.